The number of hydrogen-bond acceptors (Lipinski definition) is 5. The van der Waals surface area contributed by atoms with Gasteiger partial charge in [0.05, 0.1) is 0 Å². The molecule has 0 bridgehead atoms. The fourth-order valence-electron chi connectivity index (χ4n) is 1.95. The van der Waals surface area contributed by atoms with Crippen molar-refractivity contribution in [2.45, 2.75) is 17.2 Å². The van der Waals surface area contributed by atoms with E-state index in [0.717, 1.165) is 6.54 Å². The maximum absolute atomic E-state index is 12.4. The molecule has 0 aliphatic carbocycles. The topological polar surface area (TPSA) is 58.6 Å². The van der Waals surface area contributed by atoms with Gasteiger partial charge in [0.1, 0.15) is 11.0 Å². The highest BCUT2D eigenvalue weighted by Crippen LogP contribution is 2.33. The number of benzene rings is 1. The van der Waals surface area contributed by atoms with E-state index < -0.39 is 32.8 Å². The van der Waals surface area contributed by atoms with E-state index >= 15 is 0 Å². The third-order valence-corrected chi connectivity index (χ3v) is 5.28. The lowest BCUT2D eigenvalue weighted by Crippen LogP contribution is -2.30. The summed E-state index contributed by atoms with van der Waals surface area (Å²) in [6, 6.07) is 5.37. The molecule has 0 radical (unpaired) electrons. The molecular formula is C15H21F3N2O3S2. The SMILES string of the molecule is C=CC(c1ccc(OSC(F)(F)F)cc1)S(=O)(=O)NCCCN(C)C. The summed E-state index contributed by atoms with van der Waals surface area (Å²) >= 11 is -0.627. The van der Waals surface area contributed by atoms with Crippen molar-refractivity contribution in [2.24, 2.45) is 0 Å². The molecule has 0 aromatic heterocycles. The minimum Gasteiger partial charge on any atom is -0.417 e. The third kappa shape index (κ3) is 8.13. The molecular weight excluding hydrogens is 377 g/mol. The number of halogens is 3. The highest BCUT2D eigenvalue weighted by molar-refractivity contribution is 7.95. The second-order valence-electron chi connectivity index (χ2n) is 5.43. The molecule has 1 aromatic carbocycles. The molecule has 0 heterocycles. The average Bonchev–Trinajstić information content (AvgIpc) is 2.50. The summed E-state index contributed by atoms with van der Waals surface area (Å²) in [4.78, 5) is 1.94. The molecule has 1 aromatic rings. The van der Waals surface area contributed by atoms with Crippen LogP contribution in [0.15, 0.2) is 36.9 Å². The Kier molecular flexibility index (Phi) is 8.26. The van der Waals surface area contributed by atoms with Crippen LogP contribution in [0.1, 0.15) is 17.2 Å². The van der Waals surface area contributed by atoms with E-state index in [1.54, 1.807) is 0 Å². The molecule has 0 saturated carbocycles. The first-order valence-electron chi connectivity index (χ1n) is 7.33. The van der Waals surface area contributed by atoms with Gasteiger partial charge in [-0.2, -0.15) is 13.2 Å². The summed E-state index contributed by atoms with van der Waals surface area (Å²) in [6.45, 7) is 4.57. The molecule has 0 aliphatic rings. The Balaban J connectivity index is 2.73. The zero-order chi connectivity index (χ0) is 19.1. The van der Waals surface area contributed by atoms with Crippen molar-refractivity contribution >= 4 is 22.1 Å². The van der Waals surface area contributed by atoms with Crippen molar-refractivity contribution in [1.29, 1.82) is 0 Å². The molecule has 1 rings (SSSR count). The zero-order valence-electron chi connectivity index (χ0n) is 13.9. The van der Waals surface area contributed by atoms with Gasteiger partial charge in [0.2, 0.25) is 10.0 Å². The van der Waals surface area contributed by atoms with Gasteiger partial charge in [0.25, 0.3) is 0 Å². The van der Waals surface area contributed by atoms with Crippen molar-refractivity contribution in [3.05, 3.63) is 42.5 Å². The largest absolute Gasteiger partial charge is 0.479 e. The fourth-order valence-corrected chi connectivity index (χ4v) is 3.63. The van der Waals surface area contributed by atoms with Crippen LogP contribution in [0.3, 0.4) is 0 Å². The summed E-state index contributed by atoms with van der Waals surface area (Å²) in [5.41, 5.74) is -4.12. The van der Waals surface area contributed by atoms with E-state index in [0.29, 0.717) is 12.0 Å². The standard InChI is InChI=1S/C15H21F3N2O3S2/c1-4-14(25(21,22)19-10-5-11-20(2)3)12-6-8-13(9-7-12)23-24-15(16,17)18/h4,6-9,14,19H,1,5,10-11H2,2-3H3. The molecule has 1 N–H and O–H groups in total. The highest BCUT2D eigenvalue weighted by Gasteiger charge is 2.31. The Morgan fingerprint density at radius 3 is 2.40 bits per heavy atom. The second-order valence-corrected chi connectivity index (χ2v) is 8.12. The van der Waals surface area contributed by atoms with Crippen molar-refractivity contribution in [3.8, 4) is 5.75 Å². The maximum Gasteiger partial charge on any atom is 0.479 e. The predicted molar refractivity (Wildman–Crippen MR) is 93.7 cm³/mol. The molecule has 0 fully saturated rings. The van der Waals surface area contributed by atoms with Gasteiger partial charge < -0.3 is 9.08 Å². The van der Waals surface area contributed by atoms with E-state index in [1.807, 2.05) is 19.0 Å². The minimum absolute atomic E-state index is 0.0229. The quantitative estimate of drug-likeness (QED) is 0.372. The van der Waals surface area contributed by atoms with Gasteiger partial charge in [-0.05, 0) is 44.8 Å². The summed E-state index contributed by atoms with van der Waals surface area (Å²) in [5.74, 6) is -0.0229. The minimum atomic E-state index is -4.51. The Morgan fingerprint density at radius 2 is 1.92 bits per heavy atom. The van der Waals surface area contributed by atoms with Crippen LogP contribution in [0.5, 0.6) is 5.75 Å². The van der Waals surface area contributed by atoms with Crippen molar-refractivity contribution in [2.75, 3.05) is 27.2 Å². The Bertz CT molecular complexity index is 647. The summed E-state index contributed by atoms with van der Waals surface area (Å²) in [6.07, 6.45) is 1.92. The normalized spacial score (nSPS) is 13.7. The van der Waals surface area contributed by atoms with Crippen LogP contribution < -0.4 is 8.91 Å². The van der Waals surface area contributed by atoms with Gasteiger partial charge in [0.15, 0.2) is 12.0 Å². The average molecular weight is 398 g/mol. The summed E-state index contributed by atoms with van der Waals surface area (Å²) < 4.78 is 68.0. The molecule has 10 heteroatoms. The van der Waals surface area contributed by atoms with Crippen LogP contribution in [0.4, 0.5) is 13.2 Å². The van der Waals surface area contributed by atoms with Gasteiger partial charge >= 0.3 is 5.51 Å². The van der Waals surface area contributed by atoms with E-state index in [2.05, 4.69) is 15.5 Å². The molecule has 1 atom stereocenters. The third-order valence-electron chi connectivity index (χ3n) is 3.07. The van der Waals surface area contributed by atoms with E-state index in [-0.39, 0.29) is 12.3 Å². The first-order valence-corrected chi connectivity index (χ1v) is 9.62. The van der Waals surface area contributed by atoms with Gasteiger partial charge in [-0.25, -0.2) is 13.1 Å². The van der Waals surface area contributed by atoms with Gasteiger partial charge in [-0.3, -0.25) is 0 Å². The molecule has 0 spiro atoms. The molecule has 142 valence electrons. The summed E-state index contributed by atoms with van der Waals surface area (Å²) in [5, 5.41) is -1.00. The Labute approximate surface area is 150 Å². The number of nitrogens with zero attached hydrogens (tertiary/aromatic N) is 1. The van der Waals surface area contributed by atoms with Gasteiger partial charge in [0, 0.05) is 6.54 Å². The lowest BCUT2D eigenvalue weighted by molar-refractivity contribution is -0.0369. The van der Waals surface area contributed by atoms with Crippen LogP contribution in [0.2, 0.25) is 0 Å². The molecule has 0 aliphatic heterocycles. The van der Waals surface area contributed by atoms with E-state index in [1.165, 1.54) is 30.3 Å². The van der Waals surface area contributed by atoms with Crippen LogP contribution in [0.25, 0.3) is 0 Å². The Hall–Kier alpha value is -1.23. The fraction of sp³-hybridized carbons (Fsp3) is 0.467. The Morgan fingerprint density at radius 1 is 1.32 bits per heavy atom. The van der Waals surface area contributed by atoms with Gasteiger partial charge in [-0.1, -0.05) is 18.2 Å². The van der Waals surface area contributed by atoms with Crippen molar-refractivity contribution < 1.29 is 25.8 Å². The maximum atomic E-state index is 12.4. The van der Waals surface area contributed by atoms with Crippen molar-refractivity contribution in [3.63, 3.8) is 0 Å². The van der Waals surface area contributed by atoms with Crippen LogP contribution >= 0.6 is 12.0 Å². The zero-order valence-corrected chi connectivity index (χ0v) is 15.5. The van der Waals surface area contributed by atoms with Crippen LogP contribution in [-0.2, 0) is 10.0 Å². The molecule has 1 unspecified atom stereocenters. The lowest BCUT2D eigenvalue weighted by Gasteiger charge is -2.16. The first kappa shape index (κ1) is 21.8. The number of sulfonamides is 1. The number of alkyl halides is 3. The van der Waals surface area contributed by atoms with Gasteiger partial charge in [-0.15, -0.1) is 6.58 Å². The smallest absolute Gasteiger partial charge is 0.417 e. The molecule has 0 saturated heterocycles. The number of nitrogens with one attached hydrogen (secondary N) is 1. The monoisotopic (exact) mass is 398 g/mol. The van der Waals surface area contributed by atoms with Crippen LogP contribution in [-0.4, -0.2) is 46.0 Å². The predicted octanol–water partition coefficient (Wildman–Crippen LogP) is 3.33. The molecule has 5 nitrogen and oxygen atoms in total. The van der Waals surface area contributed by atoms with Crippen LogP contribution in [0, 0.1) is 0 Å². The number of rotatable bonds is 10. The van der Waals surface area contributed by atoms with E-state index in [4.69, 9.17) is 0 Å². The highest BCUT2D eigenvalue weighted by atomic mass is 32.2. The summed E-state index contributed by atoms with van der Waals surface area (Å²) in [7, 11) is 0.0968. The number of hydrogen-bond donors (Lipinski definition) is 1. The van der Waals surface area contributed by atoms with E-state index in [9.17, 15) is 21.6 Å². The second kappa shape index (κ2) is 9.46. The molecule has 25 heavy (non-hydrogen) atoms. The van der Waals surface area contributed by atoms with Crippen molar-refractivity contribution in [1.82, 2.24) is 9.62 Å². The molecule has 0 amide bonds. The lowest BCUT2D eigenvalue weighted by atomic mass is 10.1. The first-order chi connectivity index (χ1) is 11.5.